The molecule has 0 saturated heterocycles. The summed E-state index contributed by atoms with van der Waals surface area (Å²) in [5.41, 5.74) is 1.52. The summed E-state index contributed by atoms with van der Waals surface area (Å²) >= 11 is 1.76. The monoisotopic (exact) mass is 179 g/mol. The minimum atomic E-state index is 0.711. The van der Waals surface area contributed by atoms with Gasteiger partial charge in [0.25, 0.3) is 0 Å². The van der Waals surface area contributed by atoms with Crippen LogP contribution < -0.4 is 4.72 Å². The van der Waals surface area contributed by atoms with Crippen molar-refractivity contribution in [2.75, 3.05) is 6.54 Å². The zero-order valence-corrected chi connectivity index (χ0v) is 8.03. The average Bonchev–Trinajstić information content (AvgIpc) is 2.17. The van der Waals surface area contributed by atoms with E-state index in [-0.39, 0.29) is 0 Å². The van der Waals surface area contributed by atoms with Crippen molar-refractivity contribution < 1.29 is 0 Å². The maximum Gasteiger partial charge on any atom is 0.0263 e. The number of hydrogen-bond acceptors (Lipinski definition) is 2. The van der Waals surface area contributed by atoms with Crippen LogP contribution in [0.3, 0.4) is 0 Å². The van der Waals surface area contributed by atoms with Crippen LogP contribution in [0.5, 0.6) is 0 Å². The van der Waals surface area contributed by atoms with Gasteiger partial charge in [0.15, 0.2) is 0 Å². The van der Waals surface area contributed by atoms with E-state index in [0.29, 0.717) is 5.92 Å². The second kappa shape index (κ2) is 3.50. The lowest BCUT2D eigenvalue weighted by Gasteiger charge is -2.24. The van der Waals surface area contributed by atoms with Gasteiger partial charge >= 0.3 is 0 Å². The standard InChI is InChI=1S/C10H13NS/c1-2-8-7-11-12-10-6-4-3-5-9(8)10/h3-6,8,11H,2,7H2,1H3. The predicted octanol–water partition coefficient (Wildman–Crippen LogP) is 2.79. The molecule has 0 aromatic heterocycles. The van der Waals surface area contributed by atoms with Crippen molar-refractivity contribution in [1.29, 1.82) is 0 Å². The van der Waals surface area contributed by atoms with Gasteiger partial charge in [-0.15, -0.1) is 0 Å². The van der Waals surface area contributed by atoms with Gasteiger partial charge in [0.1, 0.15) is 0 Å². The van der Waals surface area contributed by atoms with E-state index in [1.54, 1.807) is 11.9 Å². The second-order valence-corrected chi connectivity index (χ2v) is 4.03. The van der Waals surface area contributed by atoms with Crippen LogP contribution in [0, 0.1) is 0 Å². The summed E-state index contributed by atoms with van der Waals surface area (Å²) in [5, 5.41) is 0. The molecule has 2 rings (SSSR count). The highest BCUT2D eigenvalue weighted by molar-refractivity contribution is 7.97. The Kier molecular flexibility index (Phi) is 2.38. The minimum Gasteiger partial charge on any atom is -0.259 e. The van der Waals surface area contributed by atoms with Crippen molar-refractivity contribution in [1.82, 2.24) is 4.72 Å². The third kappa shape index (κ3) is 1.37. The van der Waals surface area contributed by atoms with Crippen molar-refractivity contribution in [3.05, 3.63) is 29.8 Å². The third-order valence-corrected chi connectivity index (χ3v) is 3.27. The SMILES string of the molecule is CCC1CNSc2ccccc21. The van der Waals surface area contributed by atoms with Gasteiger partial charge in [0, 0.05) is 11.4 Å². The van der Waals surface area contributed by atoms with Crippen LogP contribution >= 0.6 is 11.9 Å². The Bertz CT molecular complexity index is 272. The van der Waals surface area contributed by atoms with Crippen molar-refractivity contribution in [2.24, 2.45) is 0 Å². The first-order valence-electron chi connectivity index (χ1n) is 4.40. The van der Waals surface area contributed by atoms with Crippen molar-refractivity contribution in [3.63, 3.8) is 0 Å². The average molecular weight is 179 g/mol. The third-order valence-electron chi connectivity index (χ3n) is 2.36. The lowest BCUT2D eigenvalue weighted by Crippen LogP contribution is -2.20. The van der Waals surface area contributed by atoms with Crippen LogP contribution in [-0.4, -0.2) is 6.54 Å². The van der Waals surface area contributed by atoms with Crippen LogP contribution in [0.4, 0.5) is 0 Å². The minimum absolute atomic E-state index is 0.711. The molecular formula is C10H13NS. The molecule has 1 nitrogen and oxygen atoms in total. The van der Waals surface area contributed by atoms with E-state index in [4.69, 9.17) is 0 Å². The molecule has 0 radical (unpaired) electrons. The number of nitrogens with one attached hydrogen (secondary N) is 1. The first kappa shape index (κ1) is 8.14. The van der Waals surface area contributed by atoms with Gasteiger partial charge in [-0.25, -0.2) is 0 Å². The molecule has 1 aliphatic rings. The molecule has 1 aromatic rings. The largest absolute Gasteiger partial charge is 0.259 e. The van der Waals surface area contributed by atoms with Crippen LogP contribution in [-0.2, 0) is 0 Å². The Labute approximate surface area is 77.7 Å². The maximum absolute atomic E-state index is 3.36. The van der Waals surface area contributed by atoms with Gasteiger partial charge in [-0.2, -0.15) is 0 Å². The van der Waals surface area contributed by atoms with E-state index in [0.717, 1.165) is 6.54 Å². The number of hydrogen-bond donors (Lipinski definition) is 1. The van der Waals surface area contributed by atoms with Gasteiger partial charge < -0.3 is 0 Å². The summed E-state index contributed by atoms with van der Waals surface area (Å²) in [4.78, 5) is 1.40. The highest BCUT2D eigenvalue weighted by atomic mass is 32.2. The second-order valence-electron chi connectivity index (χ2n) is 3.09. The molecule has 0 spiro atoms. The molecule has 1 atom stereocenters. The van der Waals surface area contributed by atoms with E-state index in [1.807, 2.05) is 0 Å². The smallest absolute Gasteiger partial charge is 0.0263 e. The fraction of sp³-hybridized carbons (Fsp3) is 0.400. The van der Waals surface area contributed by atoms with Gasteiger partial charge in [0.05, 0.1) is 0 Å². The van der Waals surface area contributed by atoms with E-state index < -0.39 is 0 Å². The maximum atomic E-state index is 3.36. The summed E-state index contributed by atoms with van der Waals surface area (Å²) in [6.07, 6.45) is 1.23. The predicted molar refractivity (Wildman–Crippen MR) is 53.3 cm³/mol. The normalized spacial score (nSPS) is 21.9. The lowest BCUT2D eigenvalue weighted by molar-refractivity contribution is 0.631. The van der Waals surface area contributed by atoms with Crippen LogP contribution in [0.25, 0.3) is 0 Å². The molecular weight excluding hydrogens is 166 g/mol. The molecule has 0 amide bonds. The molecule has 0 fully saturated rings. The summed E-state index contributed by atoms with van der Waals surface area (Å²) in [6, 6.07) is 8.67. The highest BCUT2D eigenvalue weighted by Crippen LogP contribution is 2.32. The number of benzene rings is 1. The summed E-state index contributed by atoms with van der Waals surface area (Å²) in [6.45, 7) is 3.36. The summed E-state index contributed by atoms with van der Waals surface area (Å²) < 4.78 is 3.36. The zero-order chi connectivity index (χ0) is 8.39. The van der Waals surface area contributed by atoms with Crippen LogP contribution in [0.15, 0.2) is 29.2 Å². The van der Waals surface area contributed by atoms with Gasteiger partial charge in [-0.3, -0.25) is 4.72 Å². The number of rotatable bonds is 1. The molecule has 2 heteroatoms. The van der Waals surface area contributed by atoms with Crippen molar-refractivity contribution in [2.45, 2.75) is 24.2 Å². The van der Waals surface area contributed by atoms with E-state index in [9.17, 15) is 0 Å². The molecule has 1 aromatic carbocycles. The molecule has 0 bridgehead atoms. The Morgan fingerprint density at radius 1 is 1.50 bits per heavy atom. The first-order chi connectivity index (χ1) is 5.92. The molecule has 12 heavy (non-hydrogen) atoms. The summed E-state index contributed by atoms with van der Waals surface area (Å²) in [5.74, 6) is 0.711. The fourth-order valence-electron chi connectivity index (χ4n) is 1.60. The lowest BCUT2D eigenvalue weighted by atomic mass is 9.96. The van der Waals surface area contributed by atoms with Crippen molar-refractivity contribution in [3.8, 4) is 0 Å². The Balaban J connectivity index is 2.37. The van der Waals surface area contributed by atoms with E-state index in [1.165, 1.54) is 16.9 Å². The quantitative estimate of drug-likeness (QED) is 0.665. The van der Waals surface area contributed by atoms with Crippen molar-refractivity contribution >= 4 is 11.9 Å². The molecule has 0 saturated carbocycles. The topological polar surface area (TPSA) is 12.0 Å². The molecule has 1 heterocycles. The molecule has 0 aliphatic carbocycles. The molecule has 64 valence electrons. The molecule has 1 unspecified atom stereocenters. The van der Waals surface area contributed by atoms with Gasteiger partial charge in [-0.1, -0.05) is 25.1 Å². The fourth-order valence-corrected chi connectivity index (χ4v) is 2.54. The first-order valence-corrected chi connectivity index (χ1v) is 5.22. The zero-order valence-electron chi connectivity index (χ0n) is 7.21. The summed E-state index contributed by atoms with van der Waals surface area (Å²) in [7, 11) is 0. The van der Waals surface area contributed by atoms with E-state index in [2.05, 4.69) is 35.9 Å². The Morgan fingerprint density at radius 3 is 3.17 bits per heavy atom. The van der Waals surface area contributed by atoms with Crippen LogP contribution in [0.1, 0.15) is 24.8 Å². The number of fused-ring (bicyclic) bond motifs is 1. The van der Waals surface area contributed by atoms with Gasteiger partial charge in [-0.05, 0) is 35.9 Å². The van der Waals surface area contributed by atoms with Gasteiger partial charge in [0.2, 0.25) is 0 Å². The van der Waals surface area contributed by atoms with Crippen LogP contribution in [0.2, 0.25) is 0 Å². The van der Waals surface area contributed by atoms with E-state index >= 15 is 0 Å². The molecule has 1 N–H and O–H groups in total. The highest BCUT2D eigenvalue weighted by Gasteiger charge is 2.17. The Morgan fingerprint density at radius 2 is 2.33 bits per heavy atom. The Hall–Kier alpha value is -0.470. The molecule has 1 aliphatic heterocycles.